The van der Waals surface area contributed by atoms with E-state index in [1.54, 1.807) is 54.6 Å². The van der Waals surface area contributed by atoms with Gasteiger partial charge in [-0.3, -0.25) is 9.59 Å². The zero-order valence-corrected chi connectivity index (χ0v) is 15.2. The number of esters is 1. The van der Waals surface area contributed by atoms with Crippen LogP contribution in [0.15, 0.2) is 54.6 Å². The zero-order valence-electron chi connectivity index (χ0n) is 15.2. The quantitative estimate of drug-likeness (QED) is 0.407. The van der Waals surface area contributed by atoms with E-state index >= 15 is 0 Å². The molecule has 142 valence electrons. The van der Waals surface area contributed by atoms with Crippen molar-refractivity contribution in [1.82, 2.24) is 0 Å². The standard InChI is InChI=1S/C21H18N2O5/c1-14(23)18(11-22)19(24)12-28-20(25)13-27-17-9-7-16(8-10-17)21(26)15-5-3-2-4-6-15/h2-10,18,23H,12-13H2,1H3. The molecule has 28 heavy (non-hydrogen) atoms. The van der Waals surface area contributed by atoms with Gasteiger partial charge in [-0.1, -0.05) is 30.3 Å². The average Bonchev–Trinajstić information content (AvgIpc) is 2.71. The number of rotatable bonds is 9. The van der Waals surface area contributed by atoms with Gasteiger partial charge < -0.3 is 14.9 Å². The molecule has 2 aromatic carbocycles. The number of ketones is 2. The van der Waals surface area contributed by atoms with Gasteiger partial charge in [0.2, 0.25) is 0 Å². The Morgan fingerprint density at radius 3 is 2.18 bits per heavy atom. The largest absolute Gasteiger partial charge is 0.482 e. The summed E-state index contributed by atoms with van der Waals surface area (Å²) in [7, 11) is 0. The van der Waals surface area contributed by atoms with Crippen molar-refractivity contribution < 1.29 is 23.9 Å². The molecule has 0 saturated carbocycles. The predicted molar refractivity (Wildman–Crippen MR) is 100 cm³/mol. The number of hydrogen-bond donors (Lipinski definition) is 1. The van der Waals surface area contributed by atoms with Gasteiger partial charge >= 0.3 is 5.97 Å². The minimum atomic E-state index is -1.22. The van der Waals surface area contributed by atoms with Gasteiger partial charge in [0.1, 0.15) is 11.7 Å². The third kappa shape index (κ3) is 5.61. The number of nitrogens with one attached hydrogen (secondary N) is 1. The van der Waals surface area contributed by atoms with E-state index < -0.39 is 30.9 Å². The van der Waals surface area contributed by atoms with Crippen LogP contribution >= 0.6 is 0 Å². The molecule has 7 nitrogen and oxygen atoms in total. The van der Waals surface area contributed by atoms with Crippen LogP contribution in [0.2, 0.25) is 0 Å². The lowest BCUT2D eigenvalue weighted by Crippen LogP contribution is -2.27. The average molecular weight is 378 g/mol. The second kappa shape index (κ2) is 9.78. The number of benzene rings is 2. The SMILES string of the molecule is CC(=N)C(C#N)C(=O)COC(=O)COc1ccc(C(=O)c2ccccc2)cc1. The molecule has 1 unspecified atom stereocenters. The molecule has 1 atom stereocenters. The van der Waals surface area contributed by atoms with Gasteiger partial charge in [0.15, 0.2) is 24.8 Å². The first-order chi connectivity index (χ1) is 13.4. The molecule has 2 rings (SSSR count). The summed E-state index contributed by atoms with van der Waals surface area (Å²) in [5, 5.41) is 16.1. The van der Waals surface area contributed by atoms with Gasteiger partial charge in [-0.15, -0.1) is 0 Å². The minimum absolute atomic E-state index is 0.107. The maximum atomic E-state index is 12.3. The van der Waals surface area contributed by atoms with Crippen LogP contribution in [-0.2, 0) is 14.3 Å². The first-order valence-corrected chi connectivity index (χ1v) is 8.38. The second-order valence-electron chi connectivity index (χ2n) is 5.88. The fraction of sp³-hybridized carbons (Fsp3) is 0.190. The Bertz CT molecular complexity index is 914. The Kier molecular flexibility index (Phi) is 7.17. The van der Waals surface area contributed by atoms with Gasteiger partial charge in [-0.05, 0) is 31.2 Å². The van der Waals surface area contributed by atoms with Crippen molar-refractivity contribution in [2.24, 2.45) is 5.92 Å². The summed E-state index contributed by atoms with van der Waals surface area (Å²) < 4.78 is 10.0. The molecule has 0 bridgehead atoms. The molecular weight excluding hydrogens is 360 g/mol. The summed E-state index contributed by atoms with van der Waals surface area (Å²) in [5.74, 6) is -2.43. The van der Waals surface area contributed by atoms with E-state index in [1.807, 2.05) is 6.07 Å². The van der Waals surface area contributed by atoms with Crippen LogP contribution in [0, 0.1) is 22.7 Å². The number of nitrogens with zero attached hydrogens (tertiary/aromatic N) is 1. The summed E-state index contributed by atoms with van der Waals surface area (Å²) in [6.45, 7) is 0.310. The lowest BCUT2D eigenvalue weighted by molar-refractivity contribution is -0.150. The Balaban J connectivity index is 1.84. The summed E-state index contributed by atoms with van der Waals surface area (Å²) >= 11 is 0. The smallest absolute Gasteiger partial charge is 0.344 e. The first kappa shape index (κ1) is 20.5. The van der Waals surface area contributed by atoms with E-state index in [0.717, 1.165) is 0 Å². The van der Waals surface area contributed by atoms with Gasteiger partial charge in [0, 0.05) is 16.8 Å². The van der Waals surface area contributed by atoms with Crippen molar-refractivity contribution in [2.75, 3.05) is 13.2 Å². The number of hydrogen-bond acceptors (Lipinski definition) is 7. The van der Waals surface area contributed by atoms with Gasteiger partial charge in [0.05, 0.1) is 6.07 Å². The maximum Gasteiger partial charge on any atom is 0.344 e. The molecule has 0 aromatic heterocycles. The van der Waals surface area contributed by atoms with Crippen LogP contribution in [0.4, 0.5) is 0 Å². The van der Waals surface area contributed by atoms with E-state index in [9.17, 15) is 14.4 Å². The van der Waals surface area contributed by atoms with E-state index in [-0.39, 0.29) is 11.5 Å². The molecule has 0 fully saturated rings. The van der Waals surface area contributed by atoms with Crippen LogP contribution in [-0.4, -0.2) is 36.5 Å². The molecule has 0 aliphatic rings. The maximum absolute atomic E-state index is 12.3. The molecule has 0 aliphatic heterocycles. The van der Waals surface area contributed by atoms with Crippen LogP contribution in [0.25, 0.3) is 0 Å². The molecule has 2 aromatic rings. The Morgan fingerprint density at radius 1 is 1.00 bits per heavy atom. The van der Waals surface area contributed by atoms with E-state index in [1.165, 1.54) is 6.92 Å². The van der Waals surface area contributed by atoms with Crippen LogP contribution in [0.1, 0.15) is 22.8 Å². The molecule has 0 radical (unpaired) electrons. The fourth-order valence-electron chi connectivity index (χ4n) is 2.29. The number of ether oxygens (including phenoxy) is 2. The fourth-order valence-corrected chi connectivity index (χ4v) is 2.29. The number of nitriles is 1. The lowest BCUT2D eigenvalue weighted by Gasteiger charge is -2.09. The second-order valence-corrected chi connectivity index (χ2v) is 5.88. The highest BCUT2D eigenvalue weighted by molar-refractivity contribution is 6.09. The molecule has 1 N–H and O–H groups in total. The molecule has 0 aliphatic carbocycles. The monoisotopic (exact) mass is 378 g/mol. The van der Waals surface area contributed by atoms with Crippen molar-refractivity contribution >= 4 is 23.2 Å². The third-order valence-corrected chi connectivity index (χ3v) is 3.77. The van der Waals surface area contributed by atoms with E-state index in [4.69, 9.17) is 20.1 Å². The van der Waals surface area contributed by atoms with Crippen LogP contribution in [0.5, 0.6) is 5.75 Å². The van der Waals surface area contributed by atoms with Gasteiger partial charge in [-0.2, -0.15) is 5.26 Å². The highest BCUT2D eigenvalue weighted by Crippen LogP contribution is 2.15. The third-order valence-electron chi connectivity index (χ3n) is 3.77. The van der Waals surface area contributed by atoms with E-state index in [0.29, 0.717) is 16.9 Å². The predicted octanol–water partition coefficient (Wildman–Crippen LogP) is 2.59. The number of Topliss-reactive ketones (excluding diaryl/α,β-unsaturated/α-hetero) is 1. The van der Waals surface area contributed by atoms with Crippen molar-refractivity contribution in [2.45, 2.75) is 6.92 Å². The molecule has 0 saturated heterocycles. The summed E-state index contributed by atoms with van der Waals surface area (Å²) in [6.07, 6.45) is 0. The summed E-state index contributed by atoms with van der Waals surface area (Å²) in [5.41, 5.74) is 0.946. The summed E-state index contributed by atoms with van der Waals surface area (Å²) in [6, 6.07) is 16.8. The van der Waals surface area contributed by atoms with Crippen LogP contribution < -0.4 is 4.74 Å². The topological polar surface area (TPSA) is 117 Å². The zero-order chi connectivity index (χ0) is 20.5. The highest BCUT2D eigenvalue weighted by Gasteiger charge is 2.21. The first-order valence-electron chi connectivity index (χ1n) is 8.38. The highest BCUT2D eigenvalue weighted by atomic mass is 16.6. The van der Waals surface area contributed by atoms with Gasteiger partial charge in [0.25, 0.3) is 0 Å². The normalized spacial score (nSPS) is 11.0. The number of carbonyl (C=O) groups excluding carboxylic acids is 3. The molecule has 0 heterocycles. The summed E-state index contributed by atoms with van der Waals surface area (Å²) in [4.78, 5) is 35.7. The Morgan fingerprint density at radius 2 is 1.61 bits per heavy atom. The lowest BCUT2D eigenvalue weighted by atomic mass is 10.0. The van der Waals surface area contributed by atoms with Crippen molar-refractivity contribution in [3.05, 3.63) is 65.7 Å². The van der Waals surface area contributed by atoms with Crippen molar-refractivity contribution in [1.29, 1.82) is 10.7 Å². The van der Waals surface area contributed by atoms with Crippen molar-refractivity contribution in [3.8, 4) is 11.8 Å². The number of carbonyl (C=O) groups is 3. The molecule has 7 heteroatoms. The van der Waals surface area contributed by atoms with Crippen molar-refractivity contribution in [3.63, 3.8) is 0 Å². The van der Waals surface area contributed by atoms with Gasteiger partial charge in [-0.25, -0.2) is 4.79 Å². The molecule has 0 spiro atoms. The Labute approximate surface area is 162 Å². The minimum Gasteiger partial charge on any atom is -0.482 e. The molecule has 0 amide bonds. The molecular formula is C21H18N2O5. The van der Waals surface area contributed by atoms with Crippen LogP contribution in [0.3, 0.4) is 0 Å². The Hall–Kier alpha value is -3.79. The van der Waals surface area contributed by atoms with E-state index in [2.05, 4.69) is 0 Å².